The number of benzene rings is 2. The second-order valence-electron chi connectivity index (χ2n) is 7.63. The Labute approximate surface area is 185 Å². The molecule has 6 heteroatoms. The monoisotopic (exact) mass is 429 g/mol. The molecule has 2 heterocycles. The van der Waals surface area contributed by atoms with E-state index < -0.39 is 0 Å². The van der Waals surface area contributed by atoms with Gasteiger partial charge in [-0.25, -0.2) is 0 Å². The number of aromatic hydroxyl groups is 1. The van der Waals surface area contributed by atoms with Gasteiger partial charge in [0.15, 0.2) is 0 Å². The maximum absolute atomic E-state index is 14.1. The van der Waals surface area contributed by atoms with Crippen molar-refractivity contribution in [2.75, 3.05) is 4.90 Å². The first-order chi connectivity index (χ1) is 15.1. The summed E-state index contributed by atoms with van der Waals surface area (Å²) in [6.45, 7) is 0.233. The molecule has 4 aromatic rings. The van der Waals surface area contributed by atoms with Crippen LogP contribution < -0.4 is 4.90 Å². The number of nitrogens with zero attached hydrogens (tertiary/aromatic N) is 3. The highest BCUT2D eigenvalue weighted by Crippen LogP contribution is 2.35. The van der Waals surface area contributed by atoms with Gasteiger partial charge >= 0.3 is 0 Å². The molecule has 1 aliphatic rings. The van der Waals surface area contributed by atoms with Crippen molar-refractivity contribution in [3.8, 4) is 5.75 Å². The molecular weight excluding hydrogens is 410 g/mol. The van der Waals surface area contributed by atoms with Crippen molar-refractivity contribution < 1.29 is 9.90 Å². The highest BCUT2D eigenvalue weighted by atomic mass is 35.5. The molecule has 0 fully saturated rings. The third-order valence-corrected chi connectivity index (χ3v) is 5.89. The van der Waals surface area contributed by atoms with Gasteiger partial charge in [-0.1, -0.05) is 29.8 Å². The van der Waals surface area contributed by atoms with Crippen molar-refractivity contribution >= 4 is 34.1 Å². The van der Waals surface area contributed by atoms with Crippen molar-refractivity contribution in [2.24, 2.45) is 0 Å². The van der Waals surface area contributed by atoms with Crippen molar-refractivity contribution in [3.63, 3.8) is 0 Å². The molecule has 0 bridgehead atoms. The number of aromatic nitrogens is 2. The van der Waals surface area contributed by atoms with Gasteiger partial charge in [-0.15, -0.1) is 0 Å². The van der Waals surface area contributed by atoms with Gasteiger partial charge in [0.2, 0.25) is 0 Å². The number of carbonyl (C=O) groups is 1. The number of para-hydroxylation sites is 2. The van der Waals surface area contributed by atoms with Gasteiger partial charge in [0.1, 0.15) is 5.75 Å². The number of rotatable bonds is 4. The second-order valence-corrected chi connectivity index (χ2v) is 8.06. The molecule has 31 heavy (non-hydrogen) atoms. The van der Waals surface area contributed by atoms with Gasteiger partial charge in [-0.3, -0.25) is 19.7 Å². The summed E-state index contributed by atoms with van der Waals surface area (Å²) in [4.78, 5) is 24.9. The number of aryl methyl sites for hydroxylation is 1. The fourth-order valence-corrected chi connectivity index (χ4v) is 4.40. The summed E-state index contributed by atoms with van der Waals surface area (Å²) in [6.07, 6.45) is 4.31. The van der Waals surface area contributed by atoms with E-state index in [1.165, 1.54) is 0 Å². The molecule has 0 unspecified atom stereocenters. The molecule has 5 rings (SSSR count). The minimum Gasteiger partial charge on any atom is -0.506 e. The molecule has 0 atom stereocenters. The Bertz CT molecular complexity index is 1290. The highest BCUT2D eigenvalue weighted by Gasteiger charge is 2.29. The average Bonchev–Trinajstić information content (AvgIpc) is 3.25. The van der Waals surface area contributed by atoms with E-state index in [-0.39, 0.29) is 18.2 Å². The zero-order chi connectivity index (χ0) is 21.4. The number of pyridine rings is 2. The molecule has 1 amide bonds. The highest BCUT2D eigenvalue weighted by molar-refractivity contribution is 6.31. The van der Waals surface area contributed by atoms with Crippen LogP contribution in [0, 0.1) is 0 Å². The molecule has 0 saturated heterocycles. The average molecular weight is 430 g/mol. The van der Waals surface area contributed by atoms with Crippen LogP contribution >= 0.6 is 11.6 Å². The van der Waals surface area contributed by atoms with E-state index in [0.29, 0.717) is 16.3 Å². The van der Waals surface area contributed by atoms with Crippen LogP contribution in [-0.2, 0) is 19.4 Å². The van der Waals surface area contributed by atoms with Gasteiger partial charge in [-0.2, -0.15) is 0 Å². The molecule has 154 valence electrons. The Hall–Kier alpha value is -3.44. The van der Waals surface area contributed by atoms with Gasteiger partial charge in [0, 0.05) is 22.3 Å². The maximum atomic E-state index is 14.1. The standard InChI is InChI=1S/C25H20ClN3O2/c26-16-11-12-21-19(14-16)24(18-7-5-8-20(18)28-21)25(31)29(15-17-6-3-4-13-27-17)22-9-1-2-10-23(22)30/h1-4,6,9-14,30H,5,7-8,15H2. The van der Waals surface area contributed by atoms with E-state index in [2.05, 4.69) is 4.98 Å². The Balaban J connectivity index is 1.71. The van der Waals surface area contributed by atoms with Crippen LogP contribution in [0.1, 0.15) is 33.7 Å². The smallest absolute Gasteiger partial charge is 0.259 e. The van der Waals surface area contributed by atoms with E-state index >= 15 is 0 Å². The first kappa shape index (κ1) is 19.5. The predicted molar refractivity (Wildman–Crippen MR) is 122 cm³/mol. The summed E-state index contributed by atoms with van der Waals surface area (Å²) in [7, 11) is 0. The fraction of sp³-hybridized carbons (Fsp3) is 0.160. The number of hydrogen-bond acceptors (Lipinski definition) is 4. The molecule has 5 nitrogen and oxygen atoms in total. The normalized spacial score (nSPS) is 12.7. The van der Waals surface area contributed by atoms with Crippen molar-refractivity contribution in [1.82, 2.24) is 9.97 Å². The maximum Gasteiger partial charge on any atom is 0.259 e. The summed E-state index contributed by atoms with van der Waals surface area (Å²) in [5, 5.41) is 11.8. The number of carbonyl (C=O) groups excluding carboxylic acids is 1. The van der Waals surface area contributed by atoms with Gasteiger partial charge in [0.25, 0.3) is 5.91 Å². The van der Waals surface area contributed by atoms with Crippen LogP contribution in [0.3, 0.4) is 0 Å². The Kier molecular flexibility index (Phi) is 5.04. The van der Waals surface area contributed by atoms with Crippen LogP contribution in [0.2, 0.25) is 5.02 Å². The summed E-state index contributed by atoms with van der Waals surface area (Å²) < 4.78 is 0. The van der Waals surface area contributed by atoms with Gasteiger partial charge in [0.05, 0.1) is 29.0 Å². The van der Waals surface area contributed by atoms with E-state index in [1.807, 2.05) is 24.3 Å². The van der Waals surface area contributed by atoms with Crippen LogP contribution in [-0.4, -0.2) is 21.0 Å². The molecule has 1 N–H and O–H groups in total. The minimum atomic E-state index is -0.194. The fourth-order valence-electron chi connectivity index (χ4n) is 4.23. The van der Waals surface area contributed by atoms with Crippen LogP contribution in [0.4, 0.5) is 5.69 Å². The SMILES string of the molecule is O=C(c1c2c(nc3ccc(Cl)cc13)CCC2)N(Cc1ccccn1)c1ccccc1O. The molecule has 2 aromatic heterocycles. The number of anilines is 1. The Morgan fingerprint density at radius 2 is 1.90 bits per heavy atom. The Morgan fingerprint density at radius 1 is 1.06 bits per heavy atom. The molecule has 1 aliphatic carbocycles. The van der Waals surface area contributed by atoms with Crippen molar-refractivity contribution in [1.29, 1.82) is 0 Å². The molecule has 0 radical (unpaired) electrons. The minimum absolute atomic E-state index is 0.0415. The van der Waals surface area contributed by atoms with Crippen molar-refractivity contribution in [2.45, 2.75) is 25.8 Å². The van der Waals surface area contributed by atoms with E-state index in [1.54, 1.807) is 47.5 Å². The first-order valence-electron chi connectivity index (χ1n) is 10.2. The quantitative estimate of drug-likeness (QED) is 0.476. The van der Waals surface area contributed by atoms with E-state index in [4.69, 9.17) is 16.6 Å². The van der Waals surface area contributed by atoms with Crippen LogP contribution in [0.15, 0.2) is 66.9 Å². The van der Waals surface area contributed by atoms with Crippen LogP contribution in [0.5, 0.6) is 5.75 Å². The summed E-state index contributed by atoms with van der Waals surface area (Å²) in [5.74, 6) is -0.153. The van der Waals surface area contributed by atoms with Gasteiger partial charge in [-0.05, 0) is 67.3 Å². The van der Waals surface area contributed by atoms with Gasteiger partial charge < -0.3 is 5.11 Å². The molecule has 0 aliphatic heterocycles. The zero-order valence-electron chi connectivity index (χ0n) is 16.8. The molecular formula is C25H20ClN3O2. The number of phenols is 1. The lowest BCUT2D eigenvalue weighted by molar-refractivity contribution is 0.0984. The molecule has 0 spiro atoms. The number of amides is 1. The summed E-state index contributed by atoms with van der Waals surface area (Å²) in [6, 6.07) is 17.9. The first-order valence-corrected chi connectivity index (χ1v) is 10.6. The summed E-state index contributed by atoms with van der Waals surface area (Å²) >= 11 is 6.30. The third kappa shape index (κ3) is 3.62. The number of hydrogen-bond donors (Lipinski definition) is 1. The summed E-state index contributed by atoms with van der Waals surface area (Å²) in [5.41, 5.74) is 4.47. The third-order valence-electron chi connectivity index (χ3n) is 5.65. The predicted octanol–water partition coefficient (Wildman–Crippen LogP) is 5.32. The van der Waals surface area contributed by atoms with E-state index in [9.17, 15) is 9.90 Å². The number of phenolic OH excluding ortho intramolecular Hbond substituents is 1. The zero-order valence-corrected chi connectivity index (χ0v) is 17.5. The number of halogens is 1. The number of fused-ring (bicyclic) bond motifs is 2. The Morgan fingerprint density at radius 3 is 2.71 bits per heavy atom. The van der Waals surface area contributed by atoms with Crippen LogP contribution in [0.25, 0.3) is 10.9 Å². The molecule has 0 saturated carbocycles. The van der Waals surface area contributed by atoms with E-state index in [0.717, 1.165) is 47.1 Å². The lowest BCUT2D eigenvalue weighted by Gasteiger charge is -2.25. The van der Waals surface area contributed by atoms with Crippen molar-refractivity contribution in [3.05, 3.63) is 94.4 Å². The lowest BCUT2D eigenvalue weighted by Crippen LogP contribution is -2.32. The largest absolute Gasteiger partial charge is 0.506 e. The second kappa shape index (κ2) is 8.00. The topological polar surface area (TPSA) is 66.3 Å². The molecule has 2 aromatic carbocycles. The lowest BCUT2D eigenvalue weighted by atomic mass is 9.99.